The van der Waals surface area contributed by atoms with Gasteiger partial charge in [0.2, 0.25) is 0 Å². The molecule has 6 nitrogen and oxygen atoms in total. The van der Waals surface area contributed by atoms with Crippen LogP contribution >= 0.6 is 0 Å². The van der Waals surface area contributed by atoms with Crippen LogP contribution in [0.15, 0.2) is 48.5 Å². The molecule has 2 aromatic carbocycles. The van der Waals surface area contributed by atoms with E-state index < -0.39 is 0 Å². The van der Waals surface area contributed by atoms with Gasteiger partial charge in [0.1, 0.15) is 5.75 Å². The van der Waals surface area contributed by atoms with Crippen molar-refractivity contribution in [1.29, 1.82) is 5.26 Å². The number of benzene rings is 2. The minimum absolute atomic E-state index is 0.0101. The molecule has 2 aromatic rings. The van der Waals surface area contributed by atoms with E-state index in [-0.39, 0.29) is 5.91 Å². The molecule has 1 aliphatic heterocycles. The summed E-state index contributed by atoms with van der Waals surface area (Å²) in [5, 5.41) is 21.6. The van der Waals surface area contributed by atoms with Gasteiger partial charge in [-0.3, -0.25) is 4.79 Å². The molecule has 0 spiro atoms. The zero-order valence-corrected chi connectivity index (χ0v) is 14.6. The lowest BCUT2D eigenvalue weighted by Gasteiger charge is -2.33. The topological polar surface area (TPSA) is 80.8 Å². The Labute approximate surface area is 153 Å². The number of rotatable bonds is 5. The van der Waals surface area contributed by atoms with E-state index in [4.69, 9.17) is 5.26 Å². The standard InChI is InChI=1S/C20H22N4O2/c21-10-9-16-5-7-17(8-6-16)22-20(26)15-23-11-13-24(14-12-23)18-3-1-2-4-19(18)25/h1-8,25H,9,11-15H2,(H,22,26)/p+1. The molecule has 134 valence electrons. The van der Waals surface area contributed by atoms with E-state index in [9.17, 15) is 9.90 Å². The fourth-order valence-corrected chi connectivity index (χ4v) is 3.20. The van der Waals surface area contributed by atoms with Crippen LogP contribution in [0.3, 0.4) is 0 Å². The summed E-state index contributed by atoms with van der Waals surface area (Å²) >= 11 is 0. The van der Waals surface area contributed by atoms with Gasteiger partial charge in [0.05, 0.1) is 44.4 Å². The third-order valence-corrected chi connectivity index (χ3v) is 4.62. The Hall–Kier alpha value is -3.04. The van der Waals surface area contributed by atoms with Crippen LogP contribution in [0.2, 0.25) is 0 Å². The van der Waals surface area contributed by atoms with E-state index in [1.165, 1.54) is 4.90 Å². The van der Waals surface area contributed by atoms with Gasteiger partial charge in [-0.15, -0.1) is 0 Å². The summed E-state index contributed by atoms with van der Waals surface area (Å²) in [7, 11) is 0. The predicted octanol–water partition coefficient (Wildman–Crippen LogP) is 0.802. The van der Waals surface area contributed by atoms with E-state index in [2.05, 4.69) is 16.3 Å². The summed E-state index contributed by atoms with van der Waals surface area (Å²) in [5.74, 6) is 0.289. The molecular weight excluding hydrogens is 328 g/mol. The van der Waals surface area contributed by atoms with E-state index >= 15 is 0 Å². The Bertz CT molecular complexity index is 790. The van der Waals surface area contributed by atoms with Gasteiger partial charge in [-0.1, -0.05) is 24.3 Å². The summed E-state index contributed by atoms with van der Waals surface area (Å²) in [4.78, 5) is 15.6. The number of aromatic hydroxyl groups is 1. The predicted molar refractivity (Wildman–Crippen MR) is 100 cm³/mol. The summed E-state index contributed by atoms with van der Waals surface area (Å²) < 4.78 is 0. The minimum atomic E-state index is -0.0101. The number of nitriles is 1. The summed E-state index contributed by atoms with van der Waals surface area (Å²) in [6.45, 7) is 3.74. The summed E-state index contributed by atoms with van der Waals surface area (Å²) in [5.41, 5.74) is 2.55. The van der Waals surface area contributed by atoms with Crippen LogP contribution in [0.5, 0.6) is 5.75 Å². The number of hydrogen-bond donors (Lipinski definition) is 3. The largest absolute Gasteiger partial charge is 0.506 e. The van der Waals surface area contributed by atoms with Crippen LogP contribution < -0.4 is 15.1 Å². The molecule has 0 atom stereocenters. The number of carbonyl (C=O) groups is 1. The third kappa shape index (κ3) is 4.52. The van der Waals surface area contributed by atoms with Gasteiger partial charge in [-0.05, 0) is 29.8 Å². The van der Waals surface area contributed by atoms with E-state index in [1.54, 1.807) is 6.07 Å². The first-order valence-corrected chi connectivity index (χ1v) is 8.78. The van der Waals surface area contributed by atoms with Crippen molar-refractivity contribution in [3.63, 3.8) is 0 Å². The van der Waals surface area contributed by atoms with Gasteiger partial charge in [-0.25, -0.2) is 0 Å². The van der Waals surface area contributed by atoms with Crippen molar-refractivity contribution in [2.75, 3.05) is 42.9 Å². The summed E-state index contributed by atoms with van der Waals surface area (Å²) in [6.07, 6.45) is 0.375. The lowest BCUT2D eigenvalue weighted by molar-refractivity contribution is -0.892. The number of phenols is 1. The molecule has 0 aliphatic carbocycles. The van der Waals surface area contributed by atoms with Crippen molar-refractivity contribution in [3.05, 3.63) is 54.1 Å². The van der Waals surface area contributed by atoms with Gasteiger partial charge < -0.3 is 20.2 Å². The number of hydrogen-bond acceptors (Lipinski definition) is 4. The molecule has 1 fully saturated rings. The Kier molecular flexibility index (Phi) is 5.72. The molecule has 1 aliphatic rings. The second kappa shape index (κ2) is 8.37. The number of nitrogens with one attached hydrogen (secondary N) is 2. The quantitative estimate of drug-likeness (QED) is 0.744. The SMILES string of the molecule is N#CCc1ccc(NC(=O)C[NH+]2CCN(c3ccccc3O)CC2)cc1. The minimum Gasteiger partial charge on any atom is -0.506 e. The molecule has 1 saturated heterocycles. The highest BCUT2D eigenvalue weighted by atomic mass is 16.3. The average Bonchev–Trinajstić information content (AvgIpc) is 2.65. The Balaban J connectivity index is 1.47. The lowest BCUT2D eigenvalue weighted by Crippen LogP contribution is -3.15. The van der Waals surface area contributed by atoms with Crippen molar-refractivity contribution in [2.24, 2.45) is 0 Å². The number of piperazine rings is 1. The Morgan fingerprint density at radius 1 is 1.15 bits per heavy atom. The van der Waals surface area contributed by atoms with Crippen LogP contribution in [0.4, 0.5) is 11.4 Å². The van der Waals surface area contributed by atoms with E-state index in [0.717, 1.165) is 43.1 Å². The van der Waals surface area contributed by atoms with Crippen molar-refractivity contribution in [1.82, 2.24) is 0 Å². The Morgan fingerprint density at radius 3 is 2.50 bits per heavy atom. The summed E-state index contributed by atoms with van der Waals surface area (Å²) in [6, 6.07) is 16.8. The molecular formula is C20H23N4O2+. The Morgan fingerprint density at radius 2 is 1.85 bits per heavy atom. The zero-order valence-electron chi connectivity index (χ0n) is 14.6. The average molecular weight is 351 g/mol. The molecule has 26 heavy (non-hydrogen) atoms. The number of para-hydroxylation sites is 2. The van der Waals surface area contributed by atoms with Crippen LogP contribution in [-0.2, 0) is 11.2 Å². The molecule has 1 heterocycles. The van der Waals surface area contributed by atoms with Crippen molar-refractivity contribution in [2.45, 2.75) is 6.42 Å². The van der Waals surface area contributed by atoms with Crippen molar-refractivity contribution >= 4 is 17.3 Å². The van der Waals surface area contributed by atoms with Crippen LogP contribution in [-0.4, -0.2) is 43.7 Å². The molecule has 6 heteroatoms. The van der Waals surface area contributed by atoms with Crippen LogP contribution in [0.1, 0.15) is 5.56 Å². The van der Waals surface area contributed by atoms with Gasteiger partial charge >= 0.3 is 0 Å². The maximum absolute atomic E-state index is 12.3. The van der Waals surface area contributed by atoms with Gasteiger partial charge in [0.15, 0.2) is 6.54 Å². The molecule has 0 aromatic heterocycles. The van der Waals surface area contributed by atoms with Gasteiger partial charge in [0, 0.05) is 5.69 Å². The normalized spacial score (nSPS) is 14.7. The maximum Gasteiger partial charge on any atom is 0.279 e. The van der Waals surface area contributed by atoms with Crippen molar-refractivity contribution < 1.29 is 14.8 Å². The van der Waals surface area contributed by atoms with Crippen molar-refractivity contribution in [3.8, 4) is 11.8 Å². The lowest BCUT2D eigenvalue weighted by atomic mass is 10.1. The first kappa shape index (κ1) is 17.8. The second-order valence-electron chi connectivity index (χ2n) is 6.48. The van der Waals surface area contributed by atoms with E-state index in [1.807, 2.05) is 42.5 Å². The smallest absolute Gasteiger partial charge is 0.279 e. The number of amides is 1. The van der Waals surface area contributed by atoms with Crippen LogP contribution in [0, 0.1) is 11.3 Å². The molecule has 0 radical (unpaired) electrons. The van der Waals surface area contributed by atoms with Gasteiger partial charge in [-0.2, -0.15) is 5.26 Å². The number of phenolic OH excluding ortho intramolecular Hbond substituents is 1. The number of carbonyl (C=O) groups excluding carboxylic acids is 1. The number of anilines is 2. The second-order valence-corrected chi connectivity index (χ2v) is 6.48. The first-order valence-electron chi connectivity index (χ1n) is 8.78. The molecule has 0 saturated carbocycles. The number of quaternary nitrogens is 1. The maximum atomic E-state index is 12.3. The molecule has 3 rings (SSSR count). The number of nitrogens with zero attached hydrogens (tertiary/aromatic N) is 2. The molecule has 0 bridgehead atoms. The fraction of sp³-hybridized carbons (Fsp3) is 0.300. The molecule has 0 unspecified atom stereocenters. The fourth-order valence-electron chi connectivity index (χ4n) is 3.20. The zero-order chi connectivity index (χ0) is 18.4. The highest BCUT2D eigenvalue weighted by Gasteiger charge is 2.23. The van der Waals surface area contributed by atoms with Gasteiger partial charge in [0.25, 0.3) is 5.91 Å². The van der Waals surface area contributed by atoms with E-state index in [0.29, 0.717) is 18.7 Å². The molecule has 3 N–H and O–H groups in total. The molecule has 1 amide bonds. The van der Waals surface area contributed by atoms with Crippen LogP contribution in [0.25, 0.3) is 0 Å². The monoisotopic (exact) mass is 351 g/mol. The first-order chi connectivity index (χ1) is 12.7. The third-order valence-electron chi connectivity index (χ3n) is 4.62. The highest BCUT2D eigenvalue weighted by molar-refractivity contribution is 5.91. The highest BCUT2D eigenvalue weighted by Crippen LogP contribution is 2.25.